The molecule has 0 N–H and O–H groups in total. The molecule has 0 saturated carbocycles. The Bertz CT molecular complexity index is 152. The van der Waals surface area contributed by atoms with Crippen molar-refractivity contribution in [1.29, 1.82) is 0 Å². The zero-order valence-electron chi connectivity index (χ0n) is 9.83. The molecule has 3 heteroatoms. The van der Waals surface area contributed by atoms with Gasteiger partial charge in [0.25, 0.3) is 0 Å². The summed E-state index contributed by atoms with van der Waals surface area (Å²) in [5, 5.41) is 0. The Labute approximate surface area is 88.0 Å². The molecular formula is C11H24N2O. The van der Waals surface area contributed by atoms with Crippen molar-refractivity contribution in [3.63, 3.8) is 0 Å². The summed E-state index contributed by atoms with van der Waals surface area (Å²) in [5.74, 6) is 0. The van der Waals surface area contributed by atoms with Gasteiger partial charge in [0.1, 0.15) is 0 Å². The Kier molecular flexibility index (Phi) is 5.45. The lowest BCUT2D eigenvalue weighted by Gasteiger charge is -2.40. The number of methoxy groups -OCH3 is 1. The van der Waals surface area contributed by atoms with Crippen LogP contribution in [0.3, 0.4) is 0 Å². The van der Waals surface area contributed by atoms with Gasteiger partial charge in [-0.3, -0.25) is 4.90 Å². The van der Waals surface area contributed by atoms with E-state index < -0.39 is 0 Å². The number of likely N-dealkylation sites (N-methyl/N-ethyl adjacent to an activating group) is 1. The predicted molar refractivity (Wildman–Crippen MR) is 59.6 cm³/mol. The summed E-state index contributed by atoms with van der Waals surface area (Å²) in [6.45, 7) is 11.3. The standard InChI is InChI=1S/C11H24N2O/c1-4-11-10-12(5-2)6-7-13(11)8-9-14-3/h11H,4-10H2,1-3H3. The summed E-state index contributed by atoms with van der Waals surface area (Å²) in [7, 11) is 1.78. The van der Waals surface area contributed by atoms with Gasteiger partial charge in [-0.25, -0.2) is 0 Å². The Morgan fingerprint density at radius 2 is 2.07 bits per heavy atom. The maximum atomic E-state index is 5.14. The van der Waals surface area contributed by atoms with Crippen LogP contribution in [0.25, 0.3) is 0 Å². The van der Waals surface area contributed by atoms with E-state index in [1.54, 1.807) is 7.11 Å². The van der Waals surface area contributed by atoms with E-state index in [2.05, 4.69) is 23.6 Å². The second-order valence-electron chi connectivity index (χ2n) is 3.98. The molecule has 3 nitrogen and oxygen atoms in total. The number of hydrogen-bond donors (Lipinski definition) is 0. The number of nitrogens with zero attached hydrogens (tertiary/aromatic N) is 2. The molecule has 1 fully saturated rings. The van der Waals surface area contributed by atoms with Gasteiger partial charge in [-0.15, -0.1) is 0 Å². The number of hydrogen-bond acceptors (Lipinski definition) is 3. The first-order valence-electron chi connectivity index (χ1n) is 5.77. The number of piperazine rings is 1. The van der Waals surface area contributed by atoms with Crippen LogP contribution in [0.1, 0.15) is 20.3 Å². The van der Waals surface area contributed by atoms with E-state index >= 15 is 0 Å². The first kappa shape index (κ1) is 12.0. The summed E-state index contributed by atoms with van der Waals surface area (Å²) in [6.07, 6.45) is 1.25. The van der Waals surface area contributed by atoms with Crippen molar-refractivity contribution in [1.82, 2.24) is 9.80 Å². The maximum Gasteiger partial charge on any atom is 0.0589 e. The molecule has 1 saturated heterocycles. The SMILES string of the molecule is CCC1CN(CC)CCN1CCOC. The third kappa shape index (κ3) is 3.23. The van der Waals surface area contributed by atoms with E-state index in [0.29, 0.717) is 0 Å². The molecule has 84 valence electrons. The number of rotatable bonds is 5. The summed E-state index contributed by atoms with van der Waals surface area (Å²) >= 11 is 0. The summed E-state index contributed by atoms with van der Waals surface area (Å²) in [6, 6.07) is 0.735. The maximum absolute atomic E-state index is 5.14. The normalized spacial score (nSPS) is 25.5. The van der Waals surface area contributed by atoms with E-state index in [1.165, 1.54) is 32.6 Å². The lowest BCUT2D eigenvalue weighted by atomic mass is 10.1. The minimum absolute atomic E-state index is 0.735. The van der Waals surface area contributed by atoms with Crippen LogP contribution in [0.15, 0.2) is 0 Å². The van der Waals surface area contributed by atoms with Gasteiger partial charge in [-0.1, -0.05) is 13.8 Å². The zero-order valence-corrected chi connectivity index (χ0v) is 9.83. The van der Waals surface area contributed by atoms with Gasteiger partial charge < -0.3 is 9.64 Å². The lowest BCUT2D eigenvalue weighted by molar-refractivity contribution is 0.0521. The molecule has 0 aromatic carbocycles. The minimum atomic E-state index is 0.735. The molecule has 14 heavy (non-hydrogen) atoms. The quantitative estimate of drug-likeness (QED) is 0.660. The van der Waals surface area contributed by atoms with Crippen LogP contribution in [-0.4, -0.2) is 62.3 Å². The predicted octanol–water partition coefficient (Wildman–Crippen LogP) is 1.05. The van der Waals surface area contributed by atoms with Crippen LogP contribution < -0.4 is 0 Å². The van der Waals surface area contributed by atoms with Crippen LogP contribution in [0.2, 0.25) is 0 Å². The van der Waals surface area contributed by atoms with Crippen LogP contribution in [-0.2, 0) is 4.74 Å². The molecule has 0 spiro atoms. The lowest BCUT2D eigenvalue weighted by Crippen LogP contribution is -2.53. The van der Waals surface area contributed by atoms with Gasteiger partial charge in [-0.2, -0.15) is 0 Å². The average molecular weight is 200 g/mol. The van der Waals surface area contributed by atoms with Crippen molar-refractivity contribution in [3.8, 4) is 0 Å². The van der Waals surface area contributed by atoms with Crippen LogP contribution in [0.4, 0.5) is 0 Å². The van der Waals surface area contributed by atoms with Crippen molar-refractivity contribution in [2.24, 2.45) is 0 Å². The molecule has 1 atom stereocenters. The molecule has 0 bridgehead atoms. The minimum Gasteiger partial charge on any atom is -0.383 e. The molecular weight excluding hydrogens is 176 g/mol. The van der Waals surface area contributed by atoms with Crippen molar-refractivity contribution in [3.05, 3.63) is 0 Å². The summed E-state index contributed by atoms with van der Waals surface area (Å²) < 4.78 is 5.14. The van der Waals surface area contributed by atoms with E-state index in [-0.39, 0.29) is 0 Å². The third-order valence-electron chi connectivity index (χ3n) is 3.19. The largest absolute Gasteiger partial charge is 0.383 e. The summed E-state index contributed by atoms with van der Waals surface area (Å²) in [4.78, 5) is 5.10. The molecule has 1 aliphatic heterocycles. The van der Waals surface area contributed by atoms with E-state index in [9.17, 15) is 0 Å². The molecule has 1 heterocycles. The Morgan fingerprint density at radius 1 is 1.29 bits per heavy atom. The molecule has 1 unspecified atom stereocenters. The second-order valence-corrected chi connectivity index (χ2v) is 3.98. The van der Waals surface area contributed by atoms with Gasteiger partial charge in [0.05, 0.1) is 6.61 Å². The van der Waals surface area contributed by atoms with Crippen LogP contribution in [0.5, 0.6) is 0 Å². The highest BCUT2D eigenvalue weighted by Crippen LogP contribution is 2.11. The van der Waals surface area contributed by atoms with Crippen molar-refractivity contribution in [2.75, 3.05) is 46.4 Å². The first-order valence-corrected chi connectivity index (χ1v) is 5.77. The third-order valence-corrected chi connectivity index (χ3v) is 3.19. The fourth-order valence-corrected chi connectivity index (χ4v) is 2.13. The average Bonchev–Trinajstić information content (AvgIpc) is 2.26. The highest BCUT2D eigenvalue weighted by molar-refractivity contribution is 4.80. The van der Waals surface area contributed by atoms with Gasteiger partial charge in [-0.05, 0) is 13.0 Å². The zero-order chi connectivity index (χ0) is 10.4. The second kappa shape index (κ2) is 6.38. The highest BCUT2D eigenvalue weighted by atomic mass is 16.5. The molecule has 0 amide bonds. The Balaban J connectivity index is 2.35. The highest BCUT2D eigenvalue weighted by Gasteiger charge is 2.23. The van der Waals surface area contributed by atoms with Gasteiger partial charge >= 0.3 is 0 Å². The molecule has 0 aliphatic carbocycles. The Hall–Kier alpha value is -0.120. The monoisotopic (exact) mass is 200 g/mol. The van der Waals surface area contributed by atoms with Crippen LogP contribution >= 0.6 is 0 Å². The van der Waals surface area contributed by atoms with Gasteiger partial charge in [0.2, 0.25) is 0 Å². The fraction of sp³-hybridized carbons (Fsp3) is 1.00. The first-order chi connectivity index (χ1) is 6.81. The van der Waals surface area contributed by atoms with Gasteiger partial charge in [0, 0.05) is 39.3 Å². The summed E-state index contributed by atoms with van der Waals surface area (Å²) in [5.41, 5.74) is 0. The fourth-order valence-electron chi connectivity index (χ4n) is 2.13. The smallest absolute Gasteiger partial charge is 0.0589 e. The topological polar surface area (TPSA) is 15.7 Å². The Morgan fingerprint density at radius 3 is 2.64 bits per heavy atom. The van der Waals surface area contributed by atoms with E-state index in [4.69, 9.17) is 4.74 Å². The van der Waals surface area contributed by atoms with Crippen molar-refractivity contribution >= 4 is 0 Å². The molecule has 0 aromatic rings. The van der Waals surface area contributed by atoms with Crippen molar-refractivity contribution < 1.29 is 4.74 Å². The van der Waals surface area contributed by atoms with E-state index in [0.717, 1.165) is 19.2 Å². The molecule has 0 aromatic heterocycles. The van der Waals surface area contributed by atoms with Gasteiger partial charge in [0.15, 0.2) is 0 Å². The molecule has 0 radical (unpaired) electrons. The molecule has 1 rings (SSSR count). The van der Waals surface area contributed by atoms with Crippen molar-refractivity contribution in [2.45, 2.75) is 26.3 Å². The number of ether oxygens (including phenoxy) is 1. The molecule has 1 aliphatic rings. The van der Waals surface area contributed by atoms with Crippen LogP contribution in [0, 0.1) is 0 Å². The van der Waals surface area contributed by atoms with E-state index in [1.807, 2.05) is 0 Å².